The molecule has 4 aromatic heterocycles. The Labute approximate surface area is 292 Å². The summed E-state index contributed by atoms with van der Waals surface area (Å²) < 4.78 is 11.2. The van der Waals surface area contributed by atoms with Crippen molar-refractivity contribution in [3.63, 3.8) is 0 Å². The minimum absolute atomic E-state index is 0.647. The van der Waals surface area contributed by atoms with Crippen molar-refractivity contribution < 1.29 is 4.42 Å². The van der Waals surface area contributed by atoms with Gasteiger partial charge in [-0.15, -0.1) is 0 Å². The van der Waals surface area contributed by atoms with E-state index in [1.807, 2.05) is 18.2 Å². The van der Waals surface area contributed by atoms with Gasteiger partial charge in [0.2, 0.25) is 0 Å². The van der Waals surface area contributed by atoms with Gasteiger partial charge in [-0.25, -0.2) is 9.97 Å². The second-order valence-corrected chi connectivity index (χ2v) is 13.0. The van der Waals surface area contributed by atoms with E-state index in [1.54, 1.807) is 0 Å². The van der Waals surface area contributed by atoms with Crippen molar-refractivity contribution in [3.05, 3.63) is 170 Å². The molecule has 7 aromatic carbocycles. The van der Waals surface area contributed by atoms with Crippen LogP contribution in [0.3, 0.4) is 0 Å². The van der Waals surface area contributed by atoms with Crippen LogP contribution in [0.4, 0.5) is 0 Å². The topological polar surface area (TPSA) is 48.8 Å². The molecule has 4 heterocycles. The summed E-state index contributed by atoms with van der Waals surface area (Å²) in [5, 5.41) is 5.88. The molecule has 0 unspecified atom stereocenters. The lowest BCUT2D eigenvalue weighted by atomic mass is 10.1. The molecular formula is C46H28N4O. The average Bonchev–Trinajstić information content (AvgIpc) is 3.86. The van der Waals surface area contributed by atoms with Crippen molar-refractivity contribution in [1.29, 1.82) is 0 Å². The third-order valence-corrected chi connectivity index (χ3v) is 10.1. The summed E-state index contributed by atoms with van der Waals surface area (Å²) in [7, 11) is 0. The summed E-state index contributed by atoms with van der Waals surface area (Å²) in [6.45, 7) is 0. The molecule has 0 aliphatic carbocycles. The van der Waals surface area contributed by atoms with E-state index >= 15 is 0 Å². The van der Waals surface area contributed by atoms with Gasteiger partial charge in [0.25, 0.3) is 0 Å². The number of para-hydroxylation sites is 5. The number of nitrogens with zero attached hydrogens (tertiary/aromatic N) is 4. The first-order chi connectivity index (χ1) is 25.3. The van der Waals surface area contributed by atoms with Gasteiger partial charge in [-0.1, -0.05) is 109 Å². The molecule has 0 amide bonds. The molecule has 0 bridgehead atoms. The molecule has 11 rings (SSSR count). The standard InChI is InChI=1S/C46H28N4O/c1-6-22-38-33(17-1)34-18-2-7-23-39(34)49(38)31-15-11-13-29(27-31)43-45-44(37-21-5-10-26-42(37)51-45)48-46(47-43)30-14-12-16-32(28-30)50-40-24-8-3-19-35(40)36-20-4-9-25-41(36)50/h1-28H. The summed E-state index contributed by atoms with van der Waals surface area (Å²) >= 11 is 0. The minimum Gasteiger partial charge on any atom is -0.452 e. The molecule has 0 N–H and O–H groups in total. The summed E-state index contributed by atoms with van der Waals surface area (Å²) in [6.07, 6.45) is 0. The van der Waals surface area contributed by atoms with Gasteiger partial charge in [0, 0.05) is 49.4 Å². The van der Waals surface area contributed by atoms with E-state index in [2.05, 4.69) is 161 Å². The van der Waals surface area contributed by atoms with E-state index < -0.39 is 0 Å². The average molecular weight is 653 g/mol. The molecule has 0 fully saturated rings. The molecule has 0 radical (unpaired) electrons. The van der Waals surface area contributed by atoms with E-state index in [0.29, 0.717) is 11.4 Å². The first-order valence-electron chi connectivity index (χ1n) is 17.2. The van der Waals surface area contributed by atoms with Crippen LogP contribution in [-0.4, -0.2) is 19.1 Å². The maximum atomic E-state index is 6.54. The van der Waals surface area contributed by atoms with Crippen molar-refractivity contribution in [1.82, 2.24) is 19.1 Å². The molecule has 0 saturated heterocycles. The number of hydrogen-bond donors (Lipinski definition) is 0. The second-order valence-electron chi connectivity index (χ2n) is 13.0. The molecule has 0 aliphatic rings. The fourth-order valence-electron chi connectivity index (χ4n) is 7.89. The van der Waals surface area contributed by atoms with Crippen LogP contribution in [0, 0.1) is 0 Å². The van der Waals surface area contributed by atoms with Gasteiger partial charge in [-0.2, -0.15) is 0 Å². The van der Waals surface area contributed by atoms with Gasteiger partial charge in [-0.05, 0) is 60.7 Å². The van der Waals surface area contributed by atoms with Gasteiger partial charge in [0.05, 0.1) is 22.1 Å². The summed E-state index contributed by atoms with van der Waals surface area (Å²) in [6, 6.07) is 59.6. The van der Waals surface area contributed by atoms with Crippen LogP contribution in [0.1, 0.15) is 0 Å². The zero-order valence-electron chi connectivity index (χ0n) is 27.4. The smallest absolute Gasteiger partial charge is 0.180 e. The largest absolute Gasteiger partial charge is 0.452 e. The Morgan fingerprint density at radius 1 is 0.392 bits per heavy atom. The number of hydrogen-bond acceptors (Lipinski definition) is 3. The maximum absolute atomic E-state index is 6.54. The van der Waals surface area contributed by atoms with Gasteiger partial charge in [0.1, 0.15) is 16.8 Å². The fraction of sp³-hybridized carbons (Fsp3) is 0. The normalized spacial score (nSPS) is 11.9. The second kappa shape index (κ2) is 10.8. The highest BCUT2D eigenvalue weighted by atomic mass is 16.3. The predicted molar refractivity (Wildman–Crippen MR) is 209 cm³/mol. The summed E-state index contributed by atoms with van der Waals surface area (Å²) in [5.41, 5.74) is 11.7. The molecule has 0 aliphatic heterocycles. The van der Waals surface area contributed by atoms with E-state index in [-0.39, 0.29) is 0 Å². The Kier molecular flexibility index (Phi) is 5.89. The molecule has 5 nitrogen and oxygen atoms in total. The van der Waals surface area contributed by atoms with Crippen LogP contribution >= 0.6 is 0 Å². The zero-order chi connectivity index (χ0) is 33.5. The number of aromatic nitrogens is 4. The Morgan fingerprint density at radius 2 is 0.843 bits per heavy atom. The molecule has 0 saturated carbocycles. The first-order valence-corrected chi connectivity index (χ1v) is 17.2. The SMILES string of the molecule is c1cc(-c2nc(-c3cccc(-n4c5ccccc5c5ccccc54)c3)c3oc4ccccc4c3n2)cc(-n2c3ccccc3c3ccccc32)c1. The van der Waals surface area contributed by atoms with Crippen LogP contribution in [0.2, 0.25) is 0 Å². The lowest BCUT2D eigenvalue weighted by Gasteiger charge is -2.12. The lowest BCUT2D eigenvalue weighted by Crippen LogP contribution is -1.98. The molecule has 5 heteroatoms. The molecule has 238 valence electrons. The first kappa shape index (κ1) is 27.9. The third kappa shape index (κ3) is 4.15. The van der Waals surface area contributed by atoms with Gasteiger partial charge in [0.15, 0.2) is 11.4 Å². The Morgan fingerprint density at radius 3 is 1.39 bits per heavy atom. The van der Waals surface area contributed by atoms with Crippen molar-refractivity contribution in [2.24, 2.45) is 0 Å². The number of benzene rings is 7. The Balaban J connectivity index is 1.14. The van der Waals surface area contributed by atoms with Crippen molar-refractivity contribution in [3.8, 4) is 34.0 Å². The number of furan rings is 1. The maximum Gasteiger partial charge on any atom is 0.180 e. The predicted octanol–water partition coefficient (Wildman–Crippen LogP) is 11.9. The fourth-order valence-corrected chi connectivity index (χ4v) is 7.89. The minimum atomic E-state index is 0.647. The third-order valence-electron chi connectivity index (χ3n) is 10.1. The monoisotopic (exact) mass is 652 g/mol. The quantitative estimate of drug-likeness (QED) is 0.190. The van der Waals surface area contributed by atoms with Crippen LogP contribution in [0.5, 0.6) is 0 Å². The van der Waals surface area contributed by atoms with E-state index in [4.69, 9.17) is 14.4 Å². The summed E-state index contributed by atoms with van der Waals surface area (Å²) in [5.74, 6) is 0.647. The van der Waals surface area contributed by atoms with Crippen LogP contribution < -0.4 is 0 Å². The Hall–Kier alpha value is -6.98. The van der Waals surface area contributed by atoms with E-state index in [0.717, 1.165) is 66.7 Å². The molecule has 0 atom stereocenters. The highest BCUT2D eigenvalue weighted by Gasteiger charge is 2.20. The van der Waals surface area contributed by atoms with E-state index in [9.17, 15) is 0 Å². The molecular weight excluding hydrogens is 625 g/mol. The lowest BCUT2D eigenvalue weighted by molar-refractivity contribution is 0.667. The molecule has 0 spiro atoms. The van der Waals surface area contributed by atoms with Gasteiger partial charge < -0.3 is 13.6 Å². The van der Waals surface area contributed by atoms with Crippen molar-refractivity contribution in [2.75, 3.05) is 0 Å². The summed E-state index contributed by atoms with van der Waals surface area (Å²) in [4.78, 5) is 10.5. The molecule has 11 aromatic rings. The number of fused-ring (bicyclic) bond motifs is 9. The van der Waals surface area contributed by atoms with Crippen LogP contribution in [0.25, 0.3) is 99.7 Å². The number of rotatable bonds is 4. The Bertz CT molecular complexity index is 3060. The highest BCUT2D eigenvalue weighted by molar-refractivity contribution is 6.11. The molecule has 51 heavy (non-hydrogen) atoms. The highest BCUT2D eigenvalue weighted by Crippen LogP contribution is 2.39. The van der Waals surface area contributed by atoms with Crippen LogP contribution in [-0.2, 0) is 0 Å². The van der Waals surface area contributed by atoms with Crippen LogP contribution in [0.15, 0.2) is 174 Å². The van der Waals surface area contributed by atoms with Crippen molar-refractivity contribution in [2.45, 2.75) is 0 Å². The zero-order valence-corrected chi connectivity index (χ0v) is 27.4. The van der Waals surface area contributed by atoms with E-state index in [1.165, 1.54) is 21.5 Å². The van der Waals surface area contributed by atoms with Gasteiger partial charge >= 0.3 is 0 Å². The van der Waals surface area contributed by atoms with Crippen molar-refractivity contribution >= 4 is 65.7 Å². The van der Waals surface area contributed by atoms with Gasteiger partial charge in [-0.3, -0.25) is 0 Å².